The molecule has 2 atom stereocenters. The van der Waals surface area contributed by atoms with Gasteiger partial charge in [-0.1, -0.05) is 49.7 Å². The largest absolute Gasteiger partial charge is 0.461 e. The second-order valence-electron chi connectivity index (χ2n) is 7.16. The fourth-order valence-corrected chi connectivity index (χ4v) is 4.08. The van der Waals surface area contributed by atoms with Crippen LogP contribution in [0.25, 0.3) is 0 Å². The van der Waals surface area contributed by atoms with Crippen molar-refractivity contribution in [3.63, 3.8) is 0 Å². The molecule has 1 aromatic rings. The van der Waals surface area contributed by atoms with Gasteiger partial charge in [-0.3, -0.25) is 4.79 Å². The van der Waals surface area contributed by atoms with Crippen LogP contribution < -0.4 is 0 Å². The monoisotopic (exact) mass is 488 g/mol. The summed E-state index contributed by atoms with van der Waals surface area (Å²) in [6.07, 6.45) is 4.75. The highest BCUT2D eigenvalue weighted by Gasteiger charge is 2.61. The first-order chi connectivity index (χ1) is 11.7. The summed E-state index contributed by atoms with van der Waals surface area (Å²) in [4.78, 5) is 12.5. The lowest BCUT2D eigenvalue weighted by Gasteiger charge is -2.13. The number of allylic oxidation sites excluding steroid dienone is 2. The molecule has 0 bridgehead atoms. The van der Waals surface area contributed by atoms with Gasteiger partial charge in [0.25, 0.3) is 0 Å². The minimum absolute atomic E-state index is 0.0638. The number of benzene rings is 1. The van der Waals surface area contributed by atoms with Crippen LogP contribution in [0.1, 0.15) is 36.1 Å². The Labute approximate surface area is 171 Å². The van der Waals surface area contributed by atoms with E-state index in [0.717, 1.165) is 26.5 Å². The van der Waals surface area contributed by atoms with Crippen molar-refractivity contribution < 1.29 is 9.53 Å². The molecule has 1 aliphatic rings. The molecule has 2 rings (SSSR count). The molecule has 0 aromatic heterocycles. The maximum Gasteiger partial charge on any atom is 0.310 e. The van der Waals surface area contributed by atoms with E-state index in [0.29, 0.717) is 6.61 Å². The second kappa shape index (κ2) is 8.41. The number of rotatable bonds is 6. The topological polar surface area (TPSA) is 26.3 Å². The van der Waals surface area contributed by atoms with Crippen LogP contribution in [0, 0.1) is 31.1 Å². The van der Waals surface area contributed by atoms with Gasteiger partial charge < -0.3 is 4.74 Å². The predicted octanol–water partition coefficient (Wildman–Crippen LogP) is 6.55. The second-order valence-corrected chi connectivity index (χ2v) is 10.2. The third kappa shape index (κ3) is 4.99. The van der Waals surface area contributed by atoms with Crippen LogP contribution in [0.3, 0.4) is 0 Å². The zero-order valence-electron chi connectivity index (χ0n) is 14.9. The maximum absolute atomic E-state index is 12.5. The number of hydrogen-bond donors (Lipinski definition) is 0. The van der Waals surface area contributed by atoms with Crippen LogP contribution in [0.15, 0.2) is 33.2 Å². The number of ether oxygens (including phenoxy) is 1. The molecule has 0 amide bonds. The zero-order valence-corrected chi connectivity index (χ0v) is 18.8. The summed E-state index contributed by atoms with van der Waals surface area (Å²) in [6.45, 7) is 8.62. The normalized spacial score (nSPS) is 21.2. The van der Waals surface area contributed by atoms with Crippen molar-refractivity contribution in [1.29, 1.82) is 0 Å². The highest BCUT2D eigenvalue weighted by Crippen LogP contribution is 2.60. The SMILES string of the molecule is Cc1cc(C/C=C\Cl)cc(C)c1COC(=O)C1C(C=C(Br)Br)C1(C)C. The van der Waals surface area contributed by atoms with Crippen molar-refractivity contribution in [2.45, 2.75) is 40.7 Å². The molecule has 0 saturated heterocycles. The van der Waals surface area contributed by atoms with Crippen molar-refractivity contribution in [2.24, 2.45) is 17.3 Å². The molecular weight excluding hydrogens is 467 g/mol. The third-order valence-electron chi connectivity index (χ3n) is 5.03. The van der Waals surface area contributed by atoms with E-state index in [1.165, 1.54) is 11.1 Å². The molecule has 1 aliphatic carbocycles. The molecule has 1 aromatic carbocycles. The minimum Gasteiger partial charge on any atom is -0.461 e. The molecule has 1 fully saturated rings. The molecule has 2 unspecified atom stereocenters. The molecule has 0 N–H and O–H groups in total. The number of aryl methyl sites for hydroxylation is 2. The van der Waals surface area contributed by atoms with Gasteiger partial charge in [-0.05, 0) is 85.7 Å². The van der Waals surface area contributed by atoms with Gasteiger partial charge >= 0.3 is 5.97 Å². The fraction of sp³-hybridized carbons (Fsp3) is 0.450. The molecule has 0 radical (unpaired) electrons. The number of carbonyl (C=O) groups excluding carboxylic acids is 1. The summed E-state index contributed by atoms with van der Waals surface area (Å²) in [5.74, 6) is -0.0209. The van der Waals surface area contributed by atoms with Gasteiger partial charge in [0.05, 0.1) is 9.31 Å². The Balaban J connectivity index is 2.04. The van der Waals surface area contributed by atoms with E-state index in [9.17, 15) is 4.79 Å². The molecule has 1 saturated carbocycles. The first-order valence-corrected chi connectivity index (χ1v) is 10.2. The van der Waals surface area contributed by atoms with E-state index < -0.39 is 0 Å². The first kappa shape index (κ1) is 20.7. The molecule has 0 aliphatic heterocycles. The summed E-state index contributed by atoms with van der Waals surface area (Å²) in [7, 11) is 0. The predicted molar refractivity (Wildman–Crippen MR) is 111 cm³/mol. The van der Waals surface area contributed by atoms with Gasteiger partial charge in [0, 0.05) is 5.54 Å². The summed E-state index contributed by atoms with van der Waals surface area (Å²) in [5.41, 5.74) is 6.04. The van der Waals surface area contributed by atoms with Crippen molar-refractivity contribution in [1.82, 2.24) is 0 Å². The molecule has 2 nitrogen and oxygen atoms in total. The number of esters is 1. The Hall–Kier alpha value is -0.580. The van der Waals surface area contributed by atoms with E-state index in [2.05, 4.69) is 71.7 Å². The average molecular weight is 491 g/mol. The van der Waals surface area contributed by atoms with Crippen molar-refractivity contribution in [2.75, 3.05) is 0 Å². The van der Waals surface area contributed by atoms with Crippen molar-refractivity contribution in [3.05, 3.63) is 55.5 Å². The van der Waals surface area contributed by atoms with Crippen LogP contribution in [-0.2, 0) is 22.6 Å². The van der Waals surface area contributed by atoms with E-state index in [1.807, 2.05) is 12.2 Å². The Kier molecular flexibility index (Phi) is 6.97. The van der Waals surface area contributed by atoms with Gasteiger partial charge in [0.1, 0.15) is 6.61 Å². The Morgan fingerprint density at radius 1 is 1.28 bits per heavy atom. The lowest BCUT2D eigenvalue weighted by molar-refractivity contribution is -0.147. The summed E-state index contributed by atoms with van der Waals surface area (Å²) in [5, 5.41) is 0. The van der Waals surface area contributed by atoms with Crippen LogP contribution in [0.4, 0.5) is 0 Å². The number of carbonyl (C=O) groups is 1. The molecule has 5 heteroatoms. The summed E-state index contributed by atoms with van der Waals surface area (Å²) < 4.78 is 6.52. The highest BCUT2D eigenvalue weighted by atomic mass is 79.9. The molecular formula is C20H23Br2ClO2. The van der Waals surface area contributed by atoms with Crippen molar-refractivity contribution >= 4 is 49.4 Å². The van der Waals surface area contributed by atoms with Gasteiger partial charge in [0.15, 0.2) is 0 Å². The molecule has 0 spiro atoms. The zero-order chi connectivity index (χ0) is 18.8. The van der Waals surface area contributed by atoms with Crippen molar-refractivity contribution in [3.8, 4) is 0 Å². The smallest absolute Gasteiger partial charge is 0.310 e. The van der Waals surface area contributed by atoms with Gasteiger partial charge in [-0.2, -0.15) is 0 Å². The van der Waals surface area contributed by atoms with E-state index in [-0.39, 0.29) is 23.2 Å². The summed E-state index contributed by atoms with van der Waals surface area (Å²) in [6, 6.07) is 4.25. The lowest BCUT2D eigenvalue weighted by atomic mass is 9.98. The quantitative estimate of drug-likeness (QED) is 0.423. The number of halogens is 3. The number of hydrogen-bond acceptors (Lipinski definition) is 2. The standard InChI is InChI=1S/C20H23Br2ClO2/c1-12-8-14(6-5-7-23)9-13(2)15(12)11-25-19(24)18-16(10-17(21)22)20(18,3)4/h5,7-10,16,18H,6,11H2,1-4H3/b7-5-. The highest BCUT2D eigenvalue weighted by molar-refractivity contribution is 9.28. The Morgan fingerprint density at radius 3 is 2.40 bits per heavy atom. The van der Waals surface area contributed by atoms with E-state index >= 15 is 0 Å². The molecule has 136 valence electrons. The Morgan fingerprint density at radius 2 is 1.88 bits per heavy atom. The van der Waals surface area contributed by atoms with Crippen LogP contribution in [0.2, 0.25) is 0 Å². The van der Waals surface area contributed by atoms with Gasteiger partial charge in [-0.25, -0.2) is 0 Å². The fourth-order valence-electron chi connectivity index (χ4n) is 3.42. The lowest BCUT2D eigenvalue weighted by Crippen LogP contribution is -2.12. The maximum atomic E-state index is 12.5. The first-order valence-electron chi connectivity index (χ1n) is 8.22. The van der Waals surface area contributed by atoms with Crippen LogP contribution in [-0.4, -0.2) is 5.97 Å². The van der Waals surface area contributed by atoms with E-state index in [4.69, 9.17) is 16.3 Å². The molecule has 25 heavy (non-hydrogen) atoms. The minimum atomic E-state index is -0.125. The van der Waals surface area contributed by atoms with Crippen LogP contribution >= 0.6 is 43.5 Å². The third-order valence-corrected chi connectivity index (χ3v) is 5.73. The Bertz CT molecular complexity index is 695. The van der Waals surface area contributed by atoms with Crippen LogP contribution in [0.5, 0.6) is 0 Å². The van der Waals surface area contributed by atoms with Gasteiger partial charge in [0.2, 0.25) is 0 Å². The average Bonchev–Trinajstić information content (AvgIpc) is 3.03. The summed E-state index contributed by atoms with van der Waals surface area (Å²) >= 11 is 12.4. The molecule has 0 heterocycles. The van der Waals surface area contributed by atoms with E-state index in [1.54, 1.807) is 0 Å². The van der Waals surface area contributed by atoms with Gasteiger partial charge in [-0.15, -0.1) is 0 Å².